The Morgan fingerprint density at radius 2 is 1.80 bits per heavy atom. The summed E-state index contributed by atoms with van der Waals surface area (Å²) in [6, 6.07) is 3.93. The molecular formula is C30H44ClN3O4SSi. The molecule has 40 heavy (non-hydrogen) atoms. The molecule has 0 aliphatic rings. The smallest absolute Gasteiger partial charge is 0.354 e. The summed E-state index contributed by atoms with van der Waals surface area (Å²) in [5.41, 5.74) is 6.10. The minimum Gasteiger partial charge on any atom is -0.464 e. The highest BCUT2D eigenvalue weighted by molar-refractivity contribution is 8.13. The second-order valence-electron chi connectivity index (χ2n) is 11.9. The van der Waals surface area contributed by atoms with Crippen molar-refractivity contribution in [3.63, 3.8) is 0 Å². The average molecular weight is 606 g/mol. The molecule has 0 spiro atoms. The van der Waals surface area contributed by atoms with E-state index >= 15 is 0 Å². The van der Waals surface area contributed by atoms with E-state index in [2.05, 4.69) is 43.5 Å². The SMILES string of the molecule is COC(=O)c1c(CCCO[Si](C)(C)C(C)(C)C)c2ccc(Cl)c(-c3c(C)nn(C)c3C)c2n1CCCSC(C)=O. The third-order valence-corrected chi connectivity index (χ3v) is 13.8. The zero-order valence-corrected chi connectivity index (χ0v) is 28.2. The minimum atomic E-state index is -1.89. The Labute approximate surface area is 249 Å². The van der Waals surface area contributed by atoms with Crippen molar-refractivity contribution in [1.82, 2.24) is 14.3 Å². The van der Waals surface area contributed by atoms with Crippen molar-refractivity contribution < 1.29 is 18.8 Å². The van der Waals surface area contributed by atoms with Crippen LogP contribution in [-0.2, 0) is 34.0 Å². The number of carbonyl (C=O) groups is 2. The number of aromatic nitrogens is 3. The largest absolute Gasteiger partial charge is 0.464 e. The number of rotatable bonds is 11. The number of aryl methyl sites for hydroxylation is 4. The van der Waals surface area contributed by atoms with Crippen LogP contribution in [0, 0.1) is 13.8 Å². The molecular weight excluding hydrogens is 562 g/mol. The van der Waals surface area contributed by atoms with Crippen LogP contribution in [0.25, 0.3) is 22.0 Å². The molecule has 0 fully saturated rings. The fraction of sp³-hybridized carbons (Fsp3) is 0.567. The average Bonchev–Trinajstić information content (AvgIpc) is 3.30. The molecule has 0 N–H and O–H groups in total. The number of halogens is 1. The van der Waals surface area contributed by atoms with Crippen LogP contribution in [0.15, 0.2) is 12.1 Å². The molecule has 0 saturated carbocycles. The number of fused-ring (bicyclic) bond motifs is 1. The monoisotopic (exact) mass is 605 g/mol. The summed E-state index contributed by atoms with van der Waals surface area (Å²) in [7, 11) is 1.45. The lowest BCUT2D eigenvalue weighted by Gasteiger charge is -2.36. The summed E-state index contributed by atoms with van der Waals surface area (Å²) in [5.74, 6) is 0.282. The van der Waals surface area contributed by atoms with Gasteiger partial charge < -0.3 is 13.7 Å². The molecule has 0 unspecified atom stereocenters. The lowest BCUT2D eigenvalue weighted by molar-refractivity contribution is -0.109. The molecule has 0 radical (unpaired) electrons. The van der Waals surface area contributed by atoms with Gasteiger partial charge in [-0.05, 0) is 62.9 Å². The summed E-state index contributed by atoms with van der Waals surface area (Å²) in [6.45, 7) is 18.0. The van der Waals surface area contributed by atoms with Crippen molar-refractivity contribution in [2.24, 2.45) is 7.05 Å². The number of ether oxygens (including phenoxy) is 1. The number of thioether (sulfide) groups is 1. The molecule has 2 heterocycles. The van der Waals surface area contributed by atoms with Gasteiger partial charge in [0.1, 0.15) is 5.69 Å². The van der Waals surface area contributed by atoms with Crippen LogP contribution in [-0.4, -0.2) is 53.2 Å². The van der Waals surface area contributed by atoms with Crippen molar-refractivity contribution in [2.45, 2.75) is 85.5 Å². The van der Waals surface area contributed by atoms with Crippen molar-refractivity contribution in [3.05, 3.63) is 39.8 Å². The number of nitrogens with zero attached hydrogens (tertiary/aromatic N) is 3. The van der Waals surface area contributed by atoms with E-state index in [1.165, 1.54) is 18.9 Å². The quantitative estimate of drug-likeness (QED) is 0.126. The number of hydrogen-bond donors (Lipinski definition) is 0. The topological polar surface area (TPSA) is 75.3 Å². The van der Waals surface area contributed by atoms with E-state index in [0.29, 0.717) is 42.5 Å². The van der Waals surface area contributed by atoms with Crippen LogP contribution in [0.4, 0.5) is 0 Å². The van der Waals surface area contributed by atoms with E-state index in [9.17, 15) is 9.59 Å². The molecule has 7 nitrogen and oxygen atoms in total. The number of esters is 1. The normalized spacial score (nSPS) is 12.4. The first kappa shape index (κ1) is 32.4. The maximum atomic E-state index is 13.4. The predicted octanol–water partition coefficient (Wildman–Crippen LogP) is 7.72. The van der Waals surface area contributed by atoms with Gasteiger partial charge in [0.05, 0.1) is 23.3 Å². The second-order valence-corrected chi connectivity index (χ2v) is 18.4. The van der Waals surface area contributed by atoms with E-state index in [0.717, 1.165) is 45.4 Å². The Bertz CT molecular complexity index is 1400. The molecule has 0 aliphatic carbocycles. The standard InChI is InChI=1S/C30H44ClN3O4SSi/c1-19-25(20(2)33(7)32-19)26-24(31)15-14-23-22(13-11-17-38-40(9,10)30(4,5)6)28(29(36)37-8)34(27(23)26)16-12-18-39-21(3)35/h14-15H,11-13,16-18H2,1-10H3. The highest BCUT2D eigenvalue weighted by Crippen LogP contribution is 2.42. The van der Waals surface area contributed by atoms with Gasteiger partial charge in [0.15, 0.2) is 13.4 Å². The van der Waals surface area contributed by atoms with E-state index in [1.54, 1.807) is 6.92 Å². The molecule has 10 heteroatoms. The maximum Gasteiger partial charge on any atom is 0.354 e. The lowest BCUT2D eigenvalue weighted by atomic mass is 9.98. The summed E-state index contributed by atoms with van der Waals surface area (Å²) >= 11 is 8.22. The molecule has 1 aromatic carbocycles. The molecule has 220 valence electrons. The Kier molecular flexibility index (Phi) is 10.4. The number of hydrogen-bond acceptors (Lipinski definition) is 6. The van der Waals surface area contributed by atoms with Crippen LogP contribution in [0.1, 0.15) is 68.0 Å². The summed E-state index contributed by atoms with van der Waals surface area (Å²) in [6.07, 6.45) is 2.15. The molecule has 0 bridgehead atoms. The van der Waals surface area contributed by atoms with Crippen LogP contribution in [0.5, 0.6) is 0 Å². The van der Waals surface area contributed by atoms with Gasteiger partial charge in [-0.1, -0.05) is 50.2 Å². The Morgan fingerprint density at radius 1 is 1.12 bits per heavy atom. The van der Waals surface area contributed by atoms with E-state index in [-0.39, 0.29) is 16.1 Å². The van der Waals surface area contributed by atoms with Gasteiger partial charge in [-0.3, -0.25) is 9.48 Å². The summed E-state index contributed by atoms with van der Waals surface area (Å²) in [4.78, 5) is 25.0. The highest BCUT2D eigenvalue weighted by atomic mass is 35.5. The Hall–Kier alpha value is -2.07. The van der Waals surface area contributed by atoms with Crippen molar-refractivity contribution in [2.75, 3.05) is 19.5 Å². The third-order valence-electron chi connectivity index (χ3n) is 8.09. The van der Waals surface area contributed by atoms with Crippen molar-refractivity contribution in [1.29, 1.82) is 0 Å². The highest BCUT2D eigenvalue weighted by Gasteiger charge is 2.37. The zero-order valence-electron chi connectivity index (χ0n) is 25.7. The van der Waals surface area contributed by atoms with Gasteiger partial charge in [0, 0.05) is 55.1 Å². The summed E-state index contributed by atoms with van der Waals surface area (Å²) < 4.78 is 15.7. The predicted molar refractivity (Wildman–Crippen MR) is 169 cm³/mol. The zero-order chi connectivity index (χ0) is 30.0. The fourth-order valence-electron chi connectivity index (χ4n) is 4.90. The fourth-order valence-corrected chi connectivity index (χ4v) is 6.80. The van der Waals surface area contributed by atoms with Crippen LogP contribution in [0.3, 0.4) is 0 Å². The molecule has 3 rings (SSSR count). The van der Waals surface area contributed by atoms with Crippen molar-refractivity contribution in [3.8, 4) is 11.1 Å². The molecule has 0 amide bonds. The second kappa shape index (κ2) is 12.8. The Balaban J connectivity index is 2.19. The number of benzene rings is 1. The van der Waals surface area contributed by atoms with E-state index in [4.69, 9.17) is 20.8 Å². The molecule has 0 atom stereocenters. The Morgan fingerprint density at radius 3 is 2.35 bits per heavy atom. The van der Waals surface area contributed by atoms with Gasteiger partial charge >= 0.3 is 5.97 Å². The minimum absolute atomic E-state index is 0.0818. The molecule has 3 aromatic rings. The lowest BCUT2D eigenvalue weighted by Crippen LogP contribution is -2.41. The van der Waals surface area contributed by atoms with Crippen molar-refractivity contribution >= 4 is 53.7 Å². The van der Waals surface area contributed by atoms with Gasteiger partial charge in [0.25, 0.3) is 0 Å². The van der Waals surface area contributed by atoms with Crippen LogP contribution >= 0.6 is 23.4 Å². The number of carbonyl (C=O) groups excluding carboxylic acids is 2. The molecule has 2 aromatic heterocycles. The first-order valence-corrected chi connectivity index (χ1v) is 18.1. The van der Waals surface area contributed by atoms with Gasteiger partial charge in [0.2, 0.25) is 0 Å². The van der Waals surface area contributed by atoms with Gasteiger partial charge in [-0.15, -0.1) is 0 Å². The van der Waals surface area contributed by atoms with Crippen LogP contribution < -0.4 is 0 Å². The van der Waals surface area contributed by atoms with Crippen LogP contribution in [0.2, 0.25) is 23.2 Å². The summed E-state index contributed by atoms with van der Waals surface area (Å²) in [5, 5.41) is 6.44. The third kappa shape index (κ3) is 6.69. The first-order chi connectivity index (χ1) is 18.6. The maximum absolute atomic E-state index is 13.4. The molecule has 0 aliphatic heterocycles. The first-order valence-electron chi connectivity index (χ1n) is 13.8. The number of methoxy groups -OCH3 is 1. The van der Waals surface area contributed by atoms with Gasteiger partial charge in [-0.2, -0.15) is 5.10 Å². The molecule has 0 saturated heterocycles. The van der Waals surface area contributed by atoms with E-state index < -0.39 is 8.32 Å². The van der Waals surface area contributed by atoms with Gasteiger partial charge in [-0.25, -0.2) is 4.79 Å². The van der Waals surface area contributed by atoms with E-state index in [1.807, 2.05) is 37.7 Å².